The van der Waals surface area contributed by atoms with Gasteiger partial charge in [0.25, 0.3) is 0 Å². The maximum absolute atomic E-state index is 13.1. The summed E-state index contributed by atoms with van der Waals surface area (Å²) in [4.78, 5) is 23.5. The highest BCUT2D eigenvalue weighted by molar-refractivity contribution is 7.99. The summed E-state index contributed by atoms with van der Waals surface area (Å²) in [5.74, 6) is -0.348. The fourth-order valence-corrected chi connectivity index (χ4v) is 3.98. The summed E-state index contributed by atoms with van der Waals surface area (Å²) in [5, 5.41) is 12.0. The molecule has 0 aromatic heterocycles. The topological polar surface area (TPSA) is 66.4 Å². The number of carboxylic acids is 1. The van der Waals surface area contributed by atoms with Crippen molar-refractivity contribution < 1.29 is 19.1 Å². The number of aliphatic carboxylic acids is 1. The fraction of sp³-hybridized carbons (Fsp3) is 0.500. The van der Waals surface area contributed by atoms with Gasteiger partial charge in [0, 0.05) is 12.2 Å². The van der Waals surface area contributed by atoms with Crippen LogP contribution in [-0.4, -0.2) is 34.0 Å². The summed E-state index contributed by atoms with van der Waals surface area (Å²) in [6.45, 7) is 1.90. The Labute approximate surface area is 133 Å². The van der Waals surface area contributed by atoms with Gasteiger partial charge in [0.05, 0.1) is 0 Å². The third-order valence-corrected chi connectivity index (χ3v) is 5.01. The van der Waals surface area contributed by atoms with Gasteiger partial charge in [-0.3, -0.25) is 4.79 Å². The zero-order valence-electron chi connectivity index (χ0n) is 12.5. The average Bonchev–Trinajstić information content (AvgIpc) is 2.88. The first-order chi connectivity index (χ1) is 10.4. The number of carbonyl (C=O) groups excluding carboxylic acids is 1. The molecule has 1 fully saturated rings. The summed E-state index contributed by atoms with van der Waals surface area (Å²) in [6.07, 6.45) is 1.27. The van der Waals surface area contributed by atoms with Gasteiger partial charge < -0.3 is 10.4 Å². The van der Waals surface area contributed by atoms with Crippen molar-refractivity contribution in [3.8, 4) is 0 Å². The number of benzene rings is 1. The van der Waals surface area contributed by atoms with Crippen molar-refractivity contribution in [2.24, 2.45) is 5.92 Å². The van der Waals surface area contributed by atoms with Crippen LogP contribution in [0.3, 0.4) is 0 Å². The highest BCUT2D eigenvalue weighted by Crippen LogP contribution is 2.28. The molecule has 1 saturated heterocycles. The third-order valence-electron chi connectivity index (χ3n) is 3.82. The van der Waals surface area contributed by atoms with Crippen LogP contribution in [0.15, 0.2) is 24.3 Å². The van der Waals surface area contributed by atoms with Gasteiger partial charge in [-0.25, -0.2) is 9.18 Å². The van der Waals surface area contributed by atoms with Crippen molar-refractivity contribution in [1.29, 1.82) is 0 Å². The van der Waals surface area contributed by atoms with Crippen LogP contribution in [0.1, 0.15) is 25.3 Å². The van der Waals surface area contributed by atoms with E-state index in [0.29, 0.717) is 18.6 Å². The molecule has 4 nitrogen and oxygen atoms in total. The molecule has 120 valence electrons. The SMILES string of the molecule is CC(CC(=O)NC1(C(=O)O)CCSC1)Cc1cccc(F)c1. The highest BCUT2D eigenvalue weighted by atomic mass is 32.2. The molecule has 2 rings (SSSR count). The minimum absolute atomic E-state index is 0.0155. The van der Waals surface area contributed by atoms with E-state index in [0.717, 1.165) is 11.3 Å². The normalized spacial score (nSPS) is 22.3. The molecule has 1 aromatic carbocycles. The maximum atomic E-state index is 13.1. The van der Waals surface area contributed by atoms with Gasteiger partial charge >= 0.3 is 5.97 Å². The highest BCUT2D eigenvalue weighted by Gasteiger charge is 2.43. The minimum Gasteiger partial charge on any atom is -0.479 e. The predicted octanol–water partition coefficient (Wildman–Crippen LogP) is 2.47. The van der Waals surface area contributed by atoms with Crippen LogP contribution in [-0.2, 0) is 16.0 Å². The van der Waals surface area contributed by atoms with E-state index < -0.39 is 11.5 Å². The number of nitrogens with one attached hydrogen (secondary N) is 1. The van der Waals surface area contributed by atoms with Crippen LogP contribution in [0.25, 0.3) is 0 Å². The van der Waals surface area contributed by atoms with Crippen LogP contribution in [0.4, 0.5) is 4.39 Å². The Morgan fingerprint density at radius 3 is 2.86 bits per heavy atom. The molecule has 2 N–H and O–H groups in total. The summed E-state index contributed by atoms with van der Waals surface area (Å²) < 4.78 is 13.1. The Balaban J connectivity index is 1.89. The summed E-state index contributed by atoms with van der Waals surface area (Å²) in [7, 11) is 0. The van der Waals surface area contributed by atoms with Gasteiger partial charge in [-0.05, 0) is 42.2 Å². The molecule has 1 aromatic rings. The Morgan fingerprint density at radius 2 is 2.27 bits per heavy atom. The third kappa shape index (κ3) is 4.22. The van der Waals surface area contributed by atoms with E-state index in [1.54, 1.807) is 6.07 Å². The molecule has 2 unspecified atom stereocenters. The van der Waals surface area contributed by atoms with Gasteiger partial charge in [-0.2, -0.15) is 11.8 Å². The molecule has 6 heteroatoms. The second-order valence-electron chi connectivity index (χ2n) is 5.88. The molecule has 0 bridgehead atoms. The summed E-state index contributed by atoms with van der Waals surface area (Å²) in [6, 6.07) is 6.31. The molecular weight excluding hydrogens is 305 g/mol. The second-order valence-corrected chi connectivity index (χ2v) is 6.99. The van der Waals surface area contributed by atoms with Crippen LogP contribution >= 0.6 is 11.8 Å². The average molecular weight is 325 g/mol. The minimum atomic E-state index is -1.12. The van der Waals surface area contributed by atoms with Gasteiger partial charge in [0.15, 0.2) is 0 Å². The van der Waals surface area contributed by atoms with Gasteiger partial charge in [-0.1, -0.05) is 19.1 Å². The molecule has 0 radical (unpaired) electrons. The summed E-state index contributed by atoms with van der Waals surface area (Å²) >= 11 is 1.54. The molecule has 1 aliphatic heterocycles. The van der Waals surface area contributed by atoms with E-state index in [1.165, 1.54) is 23.9 Å². The van der Waals surface area contributed by atoms with E-state index in [4.69, 9.17) is 0 Å². The standard InChI is InChI=1S/C16H20FNO3S/c1-11(7-12-3-2-4-13(17)9-12)8-14(19)18-16(15(20)21)5-6-22-10-16/h2-4,9,11H,5-8,10H2,1H3,(H,18,19)(H,20,21). The van der Waals surface area contributed by atoms with Crippen LogP contribution in [0, 0.1) is 11.7 Å². The zero-order chi connectivity index (χ0) is 16.2. The van der Waals surface area contributed by atoms with Gasteiger partial charge in [-0.15, -0.1) is 0 Å². The van der Waals surface area contributed by atoms with Crippen molar-refractivity contribution in [3.05, 3.63) is 35.6 Å². The Hall–Kier alpha value is -1.56. The monoisotopic (exact) mass is 325 g/mol. The van der Waals surface area contributed by atoms with Crippen molar-refractivity contribution in [2.45, 2.75) is 31.7 Å². The van der Waals surface area contributed by atoms with Crippen LogP contribution in [0.5, 0.6) is 0 Å². The number of thioether (sulfide) groups is 1. The number of hydrogen-bond donors (Lipinski definition) is 2. The first-order valence-corrected chi connectivity index (χ1v) is 8.43. The van der Waals surface area contributed by atoms with E-state index in [2.05, 4.69) is 5.32 Å². The van der Waals surface area contributed by atoms with Crippen molar-refractivity contribution in [3.63, 3.8) is 0 Å². The van der Waals surface area contributed by atoms with Crippen LogP contribution in [0.2, 0.25) is 0 Å². The largest absolute Gasteiger partial charge is 0.479 e. The maximum Gasteiger partial charge on any atom is 0.330 e. The molecule has 0 aliphatic carbocycles. The number of amides is 1. The quantitative estimate of drug-likeness (QED) is 0.843. The van der Waals surface area contributed by atoms with E-state index in [9.17, 15) is 19.1 Å². The lowest BCUT2D eigenvalue weighted by Gasteiger charge is -2.25. The van der Waals surface area contributed by atoms with E-state index in [1.807, 2.05) is 13.0 Å². The lowest BCUT2D eigenvalue weighted by Crippen LogP contribution is -2.55. The fourth-order valence-electron chi connectivity index (χ4n) is 2.66. The van der Waals surface area contributed by atoms with Crippen molar-refractivity contribution in [2.75, 3.05) is 11.5 Å². The molecular formula is C16H20FNO3S. The number of hydrogen-bond acceptors (Lipinski definition) is 3. The number of carbonyl (C=O) groups is 2. The van der Waals surface area contributed by atoms with Gasteiger partial charge in [0.2, 0.25) is 5.91 Å². The zero-order valence-corrected chi connectivity index (χ0v) is 13.3. The second kappa shape index (κ2) is 7.13. The Bertz CT molecular complexity index is 558. The smallest absolute Gasteiger partial charge is 0.330 e. The first-order valence-electron chi connectivity index (χ1n) is 7.28. The number of carboxylic acid groups (broad SMARTS) is 1. The number of rotatable bonds is 6. The number of halogens is 1. The molecule has 1 amide bonds. The predicted molar refractivity (Wildman–Crippen MR) is 84.3 cm³/mol. The molecule has 1 aliphatic rings. The molecule has 1 heterocycles. The van der Waals surface area contributed by atoms with Crippen LogP contribution < -0.4 is 5.32 Å². The van der Waals surface area contributed by atoms with Crippen molar-refractivity contribution in [1.82, 2.24) is 5.32 Å². The van der Waals surface area contributed by atoms with E-state index in [-0.39, 0.29) is 24.1 Å². The van der Waals surface area contributed by atoms with Gasteiger partial charge in [0.1, 0.15) is 11.4 Å². The Kier molecular flexibility index (Phi) is 5.45. The molecule has 0 spiro atoms. The lowest BCUT2D eigenvalue weighted by atomic mass is 9.95. The van der Waals surface area contributed by atoms with E-state index >= 15 is 0 Å². The van der Waals surface area contributed by atoms with Crippen molar-refractivity contribution >= 4 is 23.6 Å². The Morgan fingerprint density at radius 1 is 1.50 bits per heavy atom. The molecule has 22 heavy (non-hydrogen) atoms. The summed E-state index contributed by atoms with van der Waals surface area (Å²) in [5.41, 5.74) is -0.287. The first kappa shape index (κ1) is 16.8. The lowest BCUT2D eigenvalue weighted by molar-refractivity contribution is -0.146. The molecule has 0 saturated carbocycles. The molecule has 2 atom stereocenters.